The van der Waals surface area contributed by atoms with Gasteiger partial charge in [0.25, 0.3) is 5.91 Å². The Labute approximate surface area is 173 Å². The number of carbonyl (C=O) groups is 1. The second-order valence-electron chi connectivity index (χ2n) is 8.14. The Morgan fingerprint density at radius 3 is 2.60 bits per heavy atom. The van der Waals surface area contributed by atoms with Gasteiger partial charge in [-0.1, -0.05) is 24.3 Å². The van der Waals surface area contributed by atoms with Crippen LogP contribution in [0.4, 0.5) is 13.2 Å². The monoisotopic (exact) mass is 415 g/mol. The van der Waals surface area contributed by atoms with Crippen molar-refractivity contribution >= 4 is 16.9 Å². The van der Waals surface area contributed by atoms with E-state index in [1.807, 2.05) is 12.1 Å². The van der Waals surface area contributed by atoms with Crippen molar-refractivity contribution in [3.8, 4) is 0 Å². The second-order valence-corrected chi connectivity index (χ2v) is 8.14. The fourth-order valence-corrected chi connectivity index (χ4v) is 4.26. The van der Waals surface area contributed by atoms with Crippen LogP contribution in [0.1, 0.15) is 60.0 Å². The molecule has 1 N–H and O–H groups in total. The molecule has 4 rings (SSSR count). The maximum absolute atomic E-state index is 13.4. The summed E-state index contributed by atoms with van der Waals surface area (Å²) in [6, 6.07) is 12.4. The van der Waals surface area contributed by atoms with Crippen LogP contribution >= 0.6 is 0 Å². The fraction of sp³-hybridized carbons (Fsp3) is 0.391. The van der Waals surface area contributed by atoms with Gasteiger partial charge in [-0.05, 0) is 68.9 Å². The SMILES string of the molecule is CC(C)n1c(C(F)(F)F)nc2cc(C(=O)NC3CCCc4ccccc4C3)ccc21. The molecular formula is C23H24F3N3O. The van der Waals surface area contributed by atoms with E-state index in [1.165, 1.54) is 21.8 Å². The molecule has 4 nitrogen and oxygen atoms in total. The quantitative estimate of drug-likeness (QED) is 0.589. The predicted octanol–water partition coefficient (Wildman–Crippen LogP) is 5.31. The number of benzene rings is 2. The summed E-state index contributed by atoms with van der Waals surface area (Å²) in [5, 5.41) is 3.06. The lowest BCUT2D eigenvalue weighted by Gasteiger charge is -2.17. The Balaban J connectivity index is 1.60. The number of aromatic nitrogens is 2. The summed E-state index contributed by atoms with van der Waals surface area (Å²) in [6.07, 6.45) is -0.969. The van der Waals surface area contributed by atoms with Gasteiger partial charge < -0.3 is 9.88 Å². The first kappa shape index (κ1) is 20.4. The topological polar surface area (TPSA) is 46.9 Å². The Bertz CT molecular complexity index is 1080. The van der Waals surface area contributed by atoms with E-state index >= 15 is 0 Å². The average molecular weight is 415 g/mol. The summed E-state index contributed by atoms with van der Waals surface area (Å²) >= 11 is 0. The van der Waals surface area contributed by atoms with E-state index in [9.17, 15) is 18.0 Å². The highest BCUT2D eigenvalue weighted by Gasteiger charge is 2.38. The maximum atomic E-state index is 13.4. The average Bonchev–Trinajstić information content (AvgIpc) is 2.97. The van der Waals surface area contributed by atoms with Gasteiger partial charge >= 0.3 is 6.18 Å². The first-order chi connectivity index (χ1) is 14.2. The number of halogens is 3. The second kappa shape index (κ2) is 7.78. The molecule has 0 saturated carbocycles. The molecule has 1 heterocycles. The van der Waals surface area contributed by atoms with E-state index in [2.05, 4.69) is 22.4 Å². The third-order valence-corrected chi connectivity index (χ3v) is 5.64. The zero-order valence-electron chi connectivity index (χ0n) is 17.0. The van der Waals surface area contributed by atoms with Crippen molar-refractivity contribution in [3.05, 3.63) is 65.0 Å². The van der Waals surface area contributed by atoms with Gasteiger partial charge in [0.05, 0.1) is 11.0 Å². The van der Waals surface area contributed by atoms with Crippen molar-refractivity contribution in [2.45, 2.75) is 57.8 Å². The van der Waals surface area contributed by atoms with E-state index in [0.29, 0.717) is 11.1 Å². The minimum absolute atomic E-state index is 0.00388. The number of carbonyl (C=O) groups excluding carboxylic acids is 1. The third-order valence-electron chi connectivity index (χ3n) is 5.64. The normalized spacial score (nSPS) is 17.1. The molecule has 0 fully saturated rings. The van der Waals surface area contributed by atoms with Crippen LogP contribution in [0.5, 0.6) is 0 Å². The van der Waals surface area contributed by atoms with Crippen LogP contribution in [0.15, 0.2) is 42.5 Å². The van der Waals surface area contributed by atoms with Crippen LogP contribution in [0.25, 0.3) is 11.0 Å². The fourth-order valence-electron chi connectivity index (χ4n) is 4.26. The molecule has 3 aromatic rings. The summed E-state index contributed by atoms with van der Waals surface area (Å²) in [6.45, 7) is 3.36. The number of alkyl halides is 3. The lowest BCUT2D eigenvalue weighted by atomic mass is 10.0. The zero-order valence-corrected chi connectivity index (χ0v) is 17.0. The van der Waals surface area contributed by atoms with Crippen LogP contribution in [-0.2, 0) is 19.0 Å². The molecule has 0 aliphatic heterocycles. The number of imidazole rings is 1. The summed E-state index contributed by atoms with van der Waals surface area (Å²) in [5.41, 5.74) is 3.42. The molecule has 1 aromatic heterocycles. The molecule has 30 heavy (non-hydrogen) atoms. The van der Waals surface area contributed by atoms with Gasteiger partial charge in [0.1, 0.15) is 0 Å². The molecule has 0 radical (unpaired) electrons. The van der Waals surface area contributed by atoms with Crippen LogP contribution < -0.4 is 5.32 Å². The van der Waals surface area contributed by atoms with E-state index in [-0.39, 0.29) is 17.5 Å². The molecular weight excluding hydrogens is 391 g/mol. The van der Waals surface area contributed by atoms with Crippen LogP contribution in [0.2, 0.25) is 0 Å². The number of hydrogen-bond donors (Lipinski definition) is 1. The summed E-state index contributed by atoms with van der Waals surface area (Å²) in [5.74, 6) is -1.22. The van der Waals surface area contributed by atoms with Gasteiger partial charge in [0, 0.05) is 17.6 Å². The number of nitrogens with zero attached hydrogens (tertiary/aromatic N) is 2. The standard InChI is InChI=1S/C23H24F3N3O/c1-14(2)29-20-11-10-17(13-19(20)28-22(29)23(24,25)26)21(30)27-18-9-5-8-15-6-3-4-7-16(15)12-18/h3-4,6-7,10-11,13-14,18H,5,8-9,12H2,1-2H3,(H,27,30). The molecule has 1 unspecified atom stereocenters. The minimum Gasteiger partial charge on any atom is -0.349 e. The van der Waals surface area contributed by atoms with E-state index in [4.69, 9.17) is 0 Å². The Morgan fingerprint density at radius 1 is 1.17 bits per heavy atom. The minimum atomic E-state index is -4.56. The van der Waals surface area contributed by atoms with Crippen molar-refractivity contribution in [1.82, 2.24) is 14.9 Å². The molecule has 158 valence electrons. The Hall–Kier alpha value is -2.83. The highest BCUT2D eigenvalue weighted by atomic mass is 19.4. The number of amides is 1. The Kier molecular flexibility index (Phi) is 5.30. The largest absolute Gasteiger partial charge is 0.449 e. The van der Waals surface area contributed by atoms with Crippen LogP contribution in [0, 0.1) is 0 Å². The number of nitrogens with one attached hydrogen (secondary N) is 1. The summed E-state index contributed by atoms with van der Waals surface area (Å²) in [7, 11) is 0. The lowest BCUT2D eigenvalue weighted by molar-refractivity contribution is -0.147. The van der Waals surface area contributed by atoms with Crippen molar-refractivity contribution < 1.29 is 18.0 Å². The summed E-state index contributed by atoms with van der Waals surface area (Å²) in [4.78, 5) is 16.6. The van der Waals surface area contributed by atoms with E-state index < -0.39 is 18.0 Å². The van der Waals surface area contributed by atoms with Crippen LogP contribution in [-0.4, -0.2) is 21.5 Å². The molecule has 0 saturated heterocycles. The third kappa shape index (κ3) is 3.93. The first-order valence-corrected chi connectivity index (χ1v) is 10.2. The molecule has 0 bridgehead atoms. The van der Waals surface area contributed by atoms with Gasteiger partial charge in [-0.2, -0.15) is 13.2 Å². The molecule has 1 aliphatic carbocycles. The van der Waals surface area contributed by atoms with Gasteiger partial charge in [-0.25, -0.2) is 4.98 Å². The van der Waals surface area contributed by atoms with Gasteiger partial charge in [-0.15, -0.1) is 0 Å². The Morgan fingerprint density at radius 2 is 1.90 bits per heavy atom. The lowest BCUT2D eigenvalue weighted by Crippen LogP contribution is -2.36. The maximum Gasteiger partial charge on any atom is 0.449 e. The smallest absolute Gasteiger partial charge is 0.349 e. The van der Waals surface area contributed by atoms with Crippen molar-refractivity contribution in [1.29, 1.82) is 0 Å². The highest BCUT2D eigenvalue weighted by Crippen LogP contribution is 2.34. The molecule has 0 spiro atoms. The van der Waals surface area contributed by atoms with Gasteiger partial charge in [0.15, 0.2) is 0 Å². The molecule has 1 amide bonds. The summed E-state index contributed by atoms with van der Waals surface area (Å²) < 4.78 is 41.4. The zero-order chi connectivity index (χ0) is 21.5. The number of hydrogen-bond acceptors (Lipinski definition) is 2. The van der Waals surface area contributed by atoms with Crippen molar-refractivity contribution in [3.63, 3.8) is 0 Å². The van der Waals surface area contributed by atoms with Gasteiger partial charge in [-0.3, -0.25) is 4.79 Å². The molecule has 1 aliphatic rings. The number of fused-ring (bicyclic) bond motifs is 2. The van der Waals surface area contributed by atoms with Gasteiger partial charge in [0.2, 0.25) is 5.82 Å². The highest BCUT2D eigenvalue weighted by molar-refractivity contribution is 5.97. The molecule has 2 aromatic carbocycles. The van der Waals surface area contributed by atoms with E-state index in [0.717, 1.165) is 25.7 Å². The van der Waals surface area contributed by atoms with Crippen molar-refractivity contribution in [2.24, 2.45) is 0 Å². The van der Waals surface area contributed by atoms with Crippen LogP contribution in [0.3, 0.4) is 0 Å². The molecule has 7 heteroatoms. The predicted molar refractivity (Wildman–Crippen MR) is 109 cm³/mol. The number of rotatable bonds is 3. The first-order valence-electron chi connectivity index (χ1n) is 10.2. The van der Waals surface area contributed by atoms with Crippen molar-refractivity contribution in [2.75, 3.05) is 0 Å². The number of aryl methyl sites for hydroxylation is 1. The van der Waals surface area contributed by atoms with E-state index in [1.54, 1.807) is 26.0 Å². The molecule has 1 atom stereocenters.